The summed E-state index contributed by atoms with van der Waals surface area (Å²) in [6, 6.07) is 5.66. The molecule has 130 valence electrons. The fraction of sp³-hybridized carbons (Fsp3) is 0.588. The molecule has 0 saturated carbocycles. The predicted octanol–water partition coefficient (Wildman–Crippen LogP) is 2.26. The second kappa shape index (κ2) is 8.41. The van der Waals surface area contributed by atoms with Crippen molar-refractivity contribution in [2.75, 3.05) is 33.9 Å². The van der Waals surface area contributed by atoms with Crippen LogP contribution in [0.3, 0.4) is 0 Å². The Morgan fingerprint density at radius 1 is 1.35 bits per heavy atom. The molecule has 0 aromatic heterocycles. The van der Waals surface area contributed by atoms with Crippen LogP contribution in [0.2, 0.25) is 0 Å². The maximum Gasteiger partial charge on any atom is 0.222 e. The van der Waals surface area contributed by atoms with Gasteiger partial charge in [-0.05, 0) is 48.6 Å². The van der Waals surface area contributed by atoms with Crippen molar-refractivity contribution in [2.24, 2.45) is 11.1 Å². The molecule has 1 aromatic rings. The van der Waals surface area contributed by atoms with Gasteiger partial charge in [0.25, 0.3) is 0 Å². The van der Waals surface area contributed by atoms with Gasteiger partial charge in [0, 0.05) is 19.5 Å². The van der Waals surface area contributed by atoms with Gasteiger partial charge in [0.1, 0.15) is 11.5 Å². The number of aryl methyl sites for hydroxylation is 1. The number of amides is 1. The zero-order chi connectivity index (χ0) is 16.2. The van der Waals surface area contributed by atoms with Crippen LogP contribution in [0.1, 0.15) is 25.3 Å². The summed E-state index contributed by atoms with van der Waals surface area (Å²) in [5, 5.41) is 0. The van der Waals surface area contributed by atoms with Crippen molar-refractivity contribution in [3.63, 3.8) is 0 Å². The third-order valence-electron chi connectivity index (χ3n) is 4.50. The number of halogens is 1. The van der Waals surface area contributed by atoms with Gasteiger partial charge >= 0.3 is 0 Å². The fourth-order valence-electron chi connectivity index (χ4n) is 2.88. The van der Waals surface area contributed by atoms with E-state index in [4.69, 9.17) is 15.2 Å². The SMILES string of the molecule is COc1ccc(OC)c(CCC(=O)N2CCC(C)(CN)C2)c1.Cl. The molecule has 1 heterocycles. The second-order valence-electron chi connectivity index (χ2n) is 6.26. The van der Waals surface area contributed by atoms with Crippen molar-refractivity contribution in [3.05, 3.63) is 23.8 Å². The minimum atomic E-state index is 0. The van der Waals surface area contributed by atoms with E-state index in [9.17, 15) is 4.79 Å². The Labute approximate surface area is 144 Å². The van der Waals surface area contributed by atoms with E-state index >= 15 is 0 Å². The molecular weight excluding hydrogens is 316 g/mol. The van der Waals surface area contributed by atoms with Gasteiger partial charge in [-0.2, -0.15) is 0 Å². The normalized spacial score (nSPS) is 20.1. The molecule has 0 spiro atoms. The van der Waals surface area contributed by atoms with Crippen LogP contribution in [0.4, 0.5) is 0 Å². The Morgan fingerprint density at radius 3 is 2.65 bits per heavy atom. The average Bonchev–Trinajstić information content (AvgIpc) is 2.95. The minimum absolute atomic E-state index is 0. The molecule has 2 N–H and O–H groups in total. The Bertz CT molecular complexity index is 539. The van der Waals surface area contributed by atoms with Crippen molar-refractivity contribution in [2.45, 2.75) is 26.2 Å². The summed E-state index contributed by atoms with van der Waals surface area (Å²) < 4.78 is 10.6. The van der Waals surface area contributed by atoms with Crippen LogP contribution in [-0.2, 0) is 11.2 Å². The topological polar surface area (TPSA) is 64.8 Å². The van der Waals surface area contributed by atoms with Gasteiger partial charge in [0.15, 0.2) is 0 Å². The van der Waals surface area contributed by atoms with Crippen molar-refractivity contribution in [3.8, 4) is 11.5 Å². The maximum atomic E-state index is 12.4. The summed E-state index contributed by atoms with van der Waals surface area (Å²) in [5.41, 5.74) is 6.87. The summed E-state index contributed by atoms with van der Waals surface area (Å²) in [6.07, 6.45) is 2.11. The quantitative estimate of drug-likeness (QED) is 0.861. The first kappa shape index (κ1) is 19.6. The first-order valence-electron chi connectivity index (χ1n) is 7.70. The van der Waals surface area contributed by atoms with Gasteiger partial charge in [-0.25, -0.2) is 0 Å². The van der Waals surface area contributed by atoms with E-state index in [1.54, 1.807) is 14.2 Å². The van der Waals surface area contributed by atoms with Gasteiger partial charge in [0.2, 0.25) is 5.91 Å². The zero-order valence-electron chi connectivity index (χ0n) is 14.1. The second-order valence-corrected chi connectivity index (χ2v) is 6.26. The lowest BCUT2D eigenvalue weighted by Gasteiger charge is -2.22. The monoisotopic (exact) mass is 342 g/mol. The van der Waals surface area contributed by atoms with Crippen LogP contribution < -0.4 is 15.2 Å². The number of ether oxygens (including phenoxy) is 2. The molecule has 0 bridgehead atoms. The minimum Gasteiger partial charge on any atom is -0.497 e. The third-order valence-corrected chi connectivity index (χ3v) is 4.50. The van der Waals surface area contributed by atoms with Crippen LogP contribution in [0.5, 0.6) is 11.5 Å². The summed E-state index contributed by atoms with van der Waals surface area (Å²) >= 11 is 0. The molecule has 23 heavy (non-hydrogen) atoms. The van der Waals surface area contributed by atoms with E-state index < -0.39 is 0 Å². The molecule has 1 atom stereocenters. The highest BCUT2D eigenvalue weighted by Crippen LogP contribution is 2.30. The highest BCUT2D eigenvalue weighted by Gasteiger charge is 2.34. The third kappa shape index (κ3) is 4.75. The molecule has 1 unspecified atom stereocenters. The molecule has 5 nitrogen and oxygen atoms in total. The number of hydrogen-bond acceptors (Lipinski definition) is 4. The Balaban J connectivity index is 0.00000264. The molecule has 1 aliphatic rings. The Kier molecular flexibility index (Phi) is 7.16. The molecule has 1 saturated heterocycles. The zero-order valence-corrected chi connectivity index (χ0v) is 14.9. The molecule has 1 amide bonds. The molecule has 1 aromatic carbocycles. The van der Waals surface area contributed by atoms with Crippen LogP contribution in [0.15, 0.2) is 18.2 Å². The van der Waals surface area contributed by atoms with Gasteiger partial charge < -0.3 is 20.1 Å². The lowest BCUT2D eigenvalue weighted by atomic mass is 9.90. The van der Waals surface area contributed by atoms with E-state index in [1.807, 2.05) is 23.1 Å². The van der Waals surface area contributed by atoms with E-state index in [2.05, 4.69) is 6.92 Å². The van der Waals surface area contributed by atoms with Gasteiger partial charge in [-0.15, -0.1) is 12.4 Å². The summed E-state index contributed by atoms with van der Waals surface area (Å²) in [5.74, 6) is 1.75. The largest absolute Gasteiger partial charge is 0.497 e. The van der Waals surface area contributed by atoms with Crippen molar-refractivity contribution in [1.82, 2.24) is 4.90 Å². The van der Waals surface area contributed by atoms with Crippen LogP contribution >= 0.6 is 12.4 Å². The smallest absolute Gasteiger partial charge is 0.222 e. The molecule has 6 heteroatoms. The number of carbonyl (C=O) groups is 1. The highest BCUT2D eigenvalue weighted by molar-refractivity contribution is 5.85. The average molecular weight is 343 g/mol. The lowest BCUT2D eigenvalue weighted by Crippen LogP contribution is -2.34. The molecule has 1 fully saturated rings. The summed E-state index contributed by atoms with van der Waals surface area (Å²) in [7, 11) is 3.27. The summed E-state index contributed by atoms with van der Waals surface area (Å²) in [6.45, 7) is 4.34. The number of hydrogen-bond donors (Lipinski definition) is 1. The van der Waals surface area contributed by atoms with Crippen molar-refractivity contribution in [1.29, 1.82) is 0 Å². The maximum absolute atomic E-state index is 12.4. The molecular formula is C17H27ClN2O3. The molecule has 2 rings (SSSR count). The number of likely N-dealkylation sites (tertiary alicyclic amines) is 1. The number of nitrogens with zero attached hydrogens (tertiary/aromatic N) is 1. The van der Waals surface area contributed by atoms with Crippen LogP contribution in [-0.4, -0.2) is 44.7 Å². The van der Waals surface area contributed by atoms with Gasteiger partial charge in [-0.1, -0.05) is 6.92 Å². The highest BCUT2D eigenvalue weighted by atomic mass is 35.5. The van der Waals surface area contributed by atoms with Crippen molar-refractivity contribution >= 4 is 18.3 Å². The number of carbonyl (C=O) groups excluding carboxylic acids is 1. The van der Waals surface area contributed by atoms with Gasteiger partial charge in [0.05, 0.1) is 14.2 Å². The van der Waals surface area contributed by atoms with Crippen LogP contribution in [0, 0.1) is 5.41 Å². The first-order chi connectivity index (χ1) is 10.5. The molecule has 1 aliphatic heterocycles. The fourth-order valence-corrected chi connectivity index (χ4v) is 2.88. The number of methoxy groups -OCH3 is 2. The van der Waals surface area contributed by atoms with E-state index in [0.717, 1.165) is 36.6 Å². The number of nitrogens with two attached hydrogens (primary N) is 1. The molecule has 0 radical (unpaired) electrons. The summed E-state index contributed by atoms with van der Waals surface area (Å²) in [4.78, 5) is 14.3. The van der Waals surface area contributed by atoms with Gasteiger partial charge in [-0.3, -0.25) is 4.79 Å². The van der Waals surface area contributed by atoms with E-state index in [-0.39, 0.29) is 23.7 Å². The van der Waals surface area contributed by atoms with E-state index in [1.165, 1.54) is 0 Å². The number of rotatable bonds is 6. The Morgan fingerprint density at radius 2 is 2.09 bits per heavy atom. The van der Waals surface area contributed by atoms with Crippen molar-refractivity contribution < 1.29 is 14.3 Å². The van der Waals surface area contributed by atoms with E-state index in [0.29, 0.717) is 19.4 Å². The molecule has 0 aliphatic carbocycles. The number of benzene rings is 1. The Hall–Kier alpha value is -1.46. The standard InChI is InChI=1S/C17H26N2O3.ClH/c1-17(11-18)8-9-19(12-17)16(20)7-4-13-10-14(21-2)5-6-15(13)22-3;/h5-6,10H,4,7-9,11-12,18H2,1-3H3;1H. The predicted molar refractivity (Wildman–Crippen MR) is 93.5 cm³/mol. The van der Waals surface area contributed by atoms with Crippen LogP contribution in [0.25, 0.3) is 0 Å². The first-order valence-corrected chi connectivity index (χ1v) is 7.70. The lowest BCUT2D eigenvalue weighted by molar-refractivity contribution is -0.130.